The van der Waals surface area contributed by atoms with Gasteiger partial charge in [-0.15, -0.1) is 11.3 Å². The Morgan fingerprint density at radius 2 is 2.04 bits per heavy atom. The Kier molecular flexibility index (Phi) is 4.89. The second kappa shape index (κ2) is 6.95. The zero-order chi connectivity index (χ0) is 18.0. The monoisotopic (exact) mass is 384 g/mol. The van der Waals surface area contributed by atoms with Crippen LogP contribution in [-0.4, -0.2) is 32.9 Å². The van der Waals surface area contributed by atoms with Gasteiger partial charge in [-0.3, -0.25) is 9.59 Å². The summed E-state index contributed by atoms with van der Waals surface area (Å²) in [6, 6.07) is 6.67. The average Bonchev–Trinajstić information content (AvgIpc) is 3.17. The molecule has 1 aliphatic rings. The number of carbonyl (C=O) groups is 2. The van der Waals surface area contributed by atoms with Gasteiger partial charge in [0.25, 0.3) is 5.91 Å². The highest BCUT2D eigenvalue weighted by atomic mass is 32.2. The van der Waals surface area contributed by atoms with Gasteiger partial charge in [-0.05, 0) is 48.2 Å². The number of cyclic esters (lactones) is 1. The average molecular weight is 384 g/mol. The maximum Gasteiger partial charge on any atom is 0.324 e. The number of carbonyl (C=O) groups excluding carboxylic acids is 2. The molecule has 2 N–H and O–H groups in total. The lowest BCUT2D eigenvalue weighted by Crippen LogP contribution is -2.37. The van der Waals surface area contributed by atoms with E-state index in [9.17, 15) is 18.0 Å². The Balaban J connectivity index is 0.00000182. The number of aryl methyl sites for hydroxylation is 1. The van der Waals surface area contributed by atoms with Gasteiger partial charge in [0.15, 0.2) is 0 Å². The Hall–Kier alpha value is -2.23. The highest BCUT2D eigenvalue weighted by Crippen LogP contribution is 2.19. The SMILES string of the molecule is Cc1csc(C(=O)Nc2ccc(S(=O)(=O)NC3CCOC3=O)cc2)c1.[HH].[HH]. The number of ether oxygens (including phenoxy) is 1. The quantitative estimate of drug-likeness (QED) is 0.771. The van der Waals surface area contributed by atoms with Gasteiger partial charge in [-0.2, -0.15) is 4.72 Å². The standard InChI is InChI=1S/C16H16N2O5S2.2H2/c1-10-8-14(24-9-10)15(19)17-11-2-4-12(5-3-11)25(21,22)18-13-6-7-23-16(13)20;;/h2-5,8-9,13,18H,6-7H2,1H3,(H,17,19);2*1H. The Morgan fingerprint density at radius 1 is 1.32 bits per heavy atom. The van der Waals surface area contributed by atoms with Gasteiger partial charge in [0, 0.05) is 15.0 Å². The van der Waals surface area contributed by atoms with Gasteiger partial charge in [0.2, 0.25) is 10.0 Å². The third kappa shape index (κ3) is 4.06. The zero-order valence-electron chi connectivity index (χ0n) is 13.3. The van der Waals surface area contributed by atoms with Crippen molar-refractivity contribution >= 4 is 38.9 Å². The van der Waals surface area contributed by atoms with Gasteiger partial charge < -0.3 is 10.1 Å². The zero-order valence-corrected chi connectivity index (χ0v) is 14.9. The number of anilines is 1. The van der Waals surface area contributed by atoms with Crippen LogP contribution < -0.4 is 10.0 Å². The third-order valence-electron chi connectivity index (χ3n) is 3.61. The lowest BCUT2D eigenvalue weighted by molar-refractivity contribution is -0.139. The van der Waals surface area contributed by atoms with Crippen molar-refractivity contribution in [3.05, 3.63) is 46.2 Å². The first kappa shape index (κ1) is 17.6. The molecular weight excluding hydrogens is 364 g/mol. The molecule has 7 nitrogen and oxygen atoms in total. The lowest BCUT2D eigenvalue weighted by Gasteiger charge is -2.10. The molecule has 0 spiro atoms. The van der Waals surface area contributed by atoms with Gasteiger partial charge in [-0.1, -0.05) is 0 Å². The van der Waals surface area contributed by atoms with E-state index in [-0.39, 0.29) is 20.3 Å². The van der Waals surface area contributed by atoms with Crippen molar-refractivity contribution in [2.24, 2.45) is 0 Å². The first-order valence-corrected chi connectivity index (χ1v) is 9.87. The highest BCUT2D eigenvalue weighted by molar-refractivity contribution is 7.89. The molecule has 0 aliphatic carbocycles. The number of thiophene rings is 1. The molecule has 25 heavy (non-hydrogen) atoms. The number of esters is 1. The summed E-state index contributed by atoms with van der Waals surface area (Å²) < 4.78 is 31.6. The van der Waals surface area contributed by atoms with Gasteiger partial charge in [0.1, 0.15) is 6.04 Å². The van der Waals surface area contributed by atoms with Crippen LogP contribution in [0.5, 0.6) is 0 Å². The molecule has 1 unspecified atom stereocenters. The summed E-state index contributed by atoms with van der Waals surface area (Å²) in [6.07, 6.45) is 0.312. The summed E-state index contributed by atoms with van der Waals surface area (Å²) in [6.45, 7) is 2.11. The Labute approximate surface area is 152 Å². The fraction of sp³-hybridized carbons (Fsp3) is 0.250. The van der Waals surface area contributed by atoms with Crippen molar-refractivity contribution in [2.45, 2.75) is 24.3 Å². The van der Waals surface area contributed by atoms with Crippen LogP contribution in [0.3, 0.4) is 0 Å². The number of sulfonamides is 1. The largest absolute Gasteiger partial charge is 0.464 e. The van der Waals surface area contributed by atoms with Crippen molar-refractivity contribution in [3.63, 3.8) is 0 Å². The molecule has 2 heterocycles. The molecule has 9 heteroatoms. The summed E-state index contributed by atoms with van der Waals surface area (Å²) in [4.78, 5) is 24.1. The van der Waals surface area contributed by atoms with Crippen LogP contribution in [0.2, 0.25) is 0 Å². The molecule has 1 amide bonds. The maximum atomic E-state index is 12.3. The number of rotatable bonds is 5. The van der Waals surface area contributed by atoms with Crippen LogP contribution in [0.4, 0.5) is 5.69 Å². The van der Waals surface area contributed by atoms with Gasteiger partial charge in [-0.25, -0.2) is 8.42 Å². The van der Waals surface area contributed by atoms with Crippen LogP contribution in [0.25, 0.3) is 0 Å². The van der Waals surface area contributed by atoms with E-state index in [1.807, 2.05) is 12.3 Å². The molecular formula is C16H20N2O5S2. The summed E-state index contributed by atoms with van der Waals surface area (Å²) in [5, 5.41) is 4.59. The van der Waals surface area contributed by atoms with E-state index >= 15 is 0 Å². The second-order valence-corrected chi connectivity index (χ2v) is 8.22. The molecule has 1 fully saturated rings. The summed E-state index contributed by atoms with van der Waals surface area (Å²) in [5.41, 5.74) is 1.49. The van der Waals surface area contributed by atoms with Gasteiger partial charge >= 0.3 is 5.97 Å². The number of hydrogen-bond donors (Lipinski definition) is 2. The van der Waals surface area contributed by atoms with Crippen molar-refractivity contribution in [2.75, 3.05) is 11.9 Å². The smallest absolute Gasteiger partial charge is 0.324 e. The van der Waals surface area contributed by atoms with E-state index in [0.29, 0.717) is 17.0 Å². The molecule has 0 saturated carbocycles. The number of amides is 1. The van der Waals surface area contributed by atoms with Crippen LogP contribution in [0.1, 0.15) is 24.5 Å². The fourth-order valence-corrected chi connectivity index (χ4v) is 4.33. The van der Waals surface area contributed by atoms with E-state index in [0.717, 1.165) is 5.56 Å². The molecule has 1 atom stereocenters. The van der Waals surface area contributed by atoms with E-state index in [1.54, 1.807) is 6.07 Å². The molecule has 0 bridgehead atoms. The molecule has 136 valence electrons. The molecule has 3 rings (SSSR count). The number of benzene rings is 1. The maximum absolute atomic E-state index is 12.3. The van der Waals surface area contributed by atoms with Crippen LogP contribution in [-0.2, 0) is 19.6 Å². The van der Waals surface area contributed by atoms with Gasteiger partial charge in [0.05, 0.1) is 16.4 Å². The third-order valence-corrected chi connectivity index (χ3v) is 6.14. The number of hydrogen-bond acceptors (Lipinski definition) is 6. The molecule has 1 saturated heterocycles. The summed E-state index contributed by atoms with van der Waals surface area (Å²) >= 11 is 1.34. The second-order valence-electron chi connectivity index (χ2n) is 5.60. The fourth-order valence-electron chi connectivity index (χ4n) is 2.32. The van der Waals surface area contributed by atoms with Crippen molar-refractivity contribution in [1.82, 2.24) is 4.72 Å². The van der Waals surface area contributed by atoms with Crippen LogP contribution in [0.15, 0.2) is 40.6 Å². The first-order valence-electron chi connectivity index (χ1n) is 7.51. The Bertz CT molecular complexity index is 913. The van der Waals surface area contributed by atoms with Crippen molar-refractivity contribution in [1.29, 1.82) is 0 Å². The van der Waals surface area contributed by atoms with E-state index < -0.39 is 22.0 Å². The minimum Gasteiger partial charge on any atom is -0.464 e. The molecule has 2 aromatic rings. The molecule has 0 radical (unpaired) electrons. The minimum atomic E-state index is -3.83. The van der Waals surface area contributed by atoms with E-state index in [4.69, 9.17) is 4.74 Å². The molecule has 1 aromatic carbocycles. The topological polar surface area (TPSA) is 102 Å². The van der Waals surface area contributed by atoms with E-state index in [1.165, 1.54) is 35.6 Å². The highest BCUT2D eigenvalue weighted by Gasteiger charge is 2.31. The minimum absolute atomic E-state index is 0. The first-order chi connectivity index (χ1) is 11.8. The van der Waals surface area contributed by atoms with Crippen molar-refractivity contribution in [3.8, 4) is 0 Å². The lowest BCUT2D eigenvalue weighted by atomic mass is 10.3. The van der Waals surface area contributed by atoms with Crippen molar-refractivity contribution < 1.29 is 25.6 Å². The summed E-state index contributed by atoms with van der Waals surface area (Å²) in [7, 11) is -3.83. The Morgan fingerprint density at radius 3 is 2.60 bits per heavy atom. The predicted octanol–water partition coefficient (Wildman–Crippen LogP) is 2.39. The normalized spacial score (nSPS) is 17.3. The number of nitrogens with one attached hydrogen (secondary N) is 2. The molecule has 1 aromatic heterocycles. The van der Waals surface area contributed by atoms with E-state index in [2.05, 4.69) is 10.0 Å². The van der Waals surface area contributed by atoms with Crippen LogP contribution in [0, 0.1) is 6.92 Å². The van der Waals surface area contributed by atoms with Crippen LogP contribution >= 0.6 is 11.3 Å². The summed E-state index contributed by atoms with van der Waals surface area (Å²) in [5.74, 6) is -0.820. The predicted molar refractivity (Wildman–Crippen MR) is 97.4 cm³/mol. The molecule has 1 aliphatic heterocycles.